The molecule has 0 aliphatic carbocycles. The Labute approximate surface area is 104 Å². The van der Waals surface area contributed by atoms with Gasteiger partial charge in [0.25, 0.3) is 0 Å². The fraction of sp³-hybridized carbons (Fsp3) is 0.200. The Morgan fingerprint density at radius 2 is 1.31 bits per heavy atom. The SMILES string of the molecule is c1ccc(C[Te+]2Cc3ccccc3C2)cc1. The fourth-order valence-corrected chi connectivity index (χ4v) is 9.13. The van der Waals surface area contributed by atoms with Crippen LogP contribution in [0, 0.1) is 0 Å². The third-order valence-corrected chi connectivity index (χ3v) is 9.27. The maximum atomic E-state index is 2.32. The third kappa shape index (κ3) is 2.17. The van der Waals surface area contributed by atoms with E-state index in [9.17, 15) is 0 Å². The normalized spacial score (nSPS) is 15.0. The van der Waals surface area contributed by atoms with Gasteiger partial charge in [-0.25, -0.2) is 0 Å². The Bertz CT molecular complexity index is 451. The second-order valence-corrected chi connectivity index (χ2v) is 10.3. The summed E-state index contributed by atoms with van der Waals surface area (Å²) in [5.74, 6) is 0. The summed E-state index contributed by atoms with van der Waals surface area (Å²) in [6.45, 7) is 0. The van der Waals surface area contributed by atoms with Crippen LogP contribution in [0.5, 0.6) is 0 Å². The van der Waals surface area contributed by atoms with Gasteiger partial charge < -0.3 is 0 Å². The summed E-state index contributed by atoms with van der Waals surface area (Å²) in [5.41, 5.74) is 4.82. The predicted octanol–water partition coefficient (Wildman–Crippen LogP) is 3.14. The van der Waals surface area contributed by atoms with Crippen molar-refractivity contribution in [2.45, 2.75) is 13.4 Å². The van der Waals surface area contributed by atoms with Gasteiger partial charge in [-0.1, -0.05) is 0 Å². The van der Waals surface area contributed by atoms with Gasteiger partial charge in [-0.2, -0.15) is 0 Å². The van der Waals surface area contributed by atoms with Crippen molar-refractivity contribution in [3.8, 4) is 0 Å². The van der Waals surface area contributed by atoms with Crippen LogP contribution in [-0.2, 0) is 13.4 Å². The zero-order valence-corrected chi connectivity index (χ0v) is 11.6. The molecule has 1 aliphatic heterocycles. The second-order valence-electron chi connectivity index (χ2n) is 4.30. The first-order chi connectivity index (χ1) is 7.92. The van der Waals surface area contributed by atoms with E-state index in [2.05, 4.69) is 54.6 Å². The van der Waals surface area contributed by atoms with E-state index in [1.807, 2.05) is 0 Å². The molecule has 3 rings (SSSR count). The molecule has 1 heterocycles. The van der Waals surface area contributed by atoms with E-state index >= 15 is 0 Å². The Morgan fingerprint density at radius 3 is 1.94 bits per heavy atom. The molecule has 1 aliphatic rings. The standard InChI is InChI=1S/C15H15Te/c1-2-6-13(7-3-1)10-16-11-14-8-4-5-9-15(14)12-16/h1-9H,10-12H2/q+1. The fourth-order valence-electron chi connectivity index (χ4n) is 2.24. The molecule has 0 nitrogen and oxygen atoms in total. The first-order valence-electron chi connectivity index (χ1n) is 5.66. The van der Waals surface area contributed by atoms with Gasteiger partial charge in [0, 0.05) is 0 Å². The van der Waals surface area contributed by atoms with E-state index in [-0.39, 0.29) is 0 Å². The molecule has 0 N–H and O–H groups in total. The van der Waals surface area contributed by atoms with Gasteiger partial charge in [-0.3, -0.25) is 0 Å². The van der Waals surface area contributed by atoms with Crippen LogP contribution in [0.2, 0.25) is 0 Å². The van der Waals surface area contributed by atoms with Crippen LogP contribution < -0.4 is 0 Å². The topological polar surface area (TPSA) is 0 Å². The van der Waals surface area contributed by atoms with Crippen LogP contribution in [0.3, 0.4) is 0 Å². The summed E-state index contributed by atoms with van der Waals surface area (Å²) < 4.78 is 4.24. The summed E-state index contributed by atoms with van der Waals surface area (Å²) in [6, 6.07) is 20.0. The van der Waals surface area contributed by atoms with E-state index in [1.165, 1.54) is 13.4 Å². The second kappa shape index (κ2) is 4.62. The molecule has 16 heavy (non-hydrogen) atoms. The monoisotopic (exact) mass is 325 g/mol. The molecule has 0 saturated heterocycles. The molecule has 0 atom stereocenters. The zero-order valence-electron chi connectivity index (χ0n) is 9.23. The van der Waals surface area contributed by atoms with Crippen molar-refractivity contribution in [2.75, 3.05) is 0 Å². The van der Waals surface area contributed by atoms with E-state index in [0.717, 1.165) is 0 Å². The maximum absolute atomic E-state index is 2.32. The average Bonchev–Trinajstić information content (AvgIpc) is 2.72. The molecule has 0 spiro atoms. The molecule has 2 aromatic carbocycles. The molecular formula is C15H15Te+. The van der Waals surface area contributed by atoms with Crippen LogP contribution in [0.25, 0.3) is 0 Å². The zero-order chi connectivity index (χ0) is 10.8. The van der Waals surface area contributed by atoms with Crippen molar-refractivity contribution in [3.63, 3.8) is 0 Å². The van der Waals surface area contributed by atoms with Gasteiger partial charge in [-0.05, 0) is 0 Å². The number of rotatable bonds is 2. The number of fused-ring (bicyclic) bond motifs is 1. The quantitative estimate of drug-likeness (QED) is 0.745. The van der Waals surface area contributed by atoms with Crippen molar-refractivity contribution in [1.82, 2.24) is 0 Å². The van der Waals surface area contributed by atoms with E-state index in [0.29, 0.717) is 0 Å². The molecule has 0 amide bonds. The Balaban J connectivity index is 1.73. The molecule has 0 saturated carbocycles. The van der Waals surface area contributed by atoms with E-state index < -0.39 is 19.6 Å². The van der Waals surface area contributed by atoms with Crippen molar-refractivity contribution in [3.05, 3.63) is 71.3 Å². The van der Waals surface area contributed by atoms with Gasteiger partial charge in [-0.15, -0.1) is 0 Å². The summed E-state index contributed by atoms with van der Waals surface area (Å²) >= 11 is -0.909. The van der Waals surface area contributed by atoms with Gasteiger partial charge in [0.15, 0.2) is 0 Å². The van der Waals surface area contributed by atoms with Crippen LogP contribution in [0.4, 0.5) is 0 Å². The van der Waals surface area contributed by atoms with Gasteiger partial charge >= 0.3 is 104 Å². The number of hydrogen-bond donors (Lipinski definition) is 0. The molecule has 0 fully saturated rings. The predicted molar refractivity (Wildman–Crippen MR) is 69.8 cm³/mol. The Hall–Kier alpha value is -0.770. The summed E-state index contributed by atoms with van der Waals surface area (Å²) in [5, 5.41) is 0. The molecule has 0 bridgehead atoms. The Kier molecular flexibility index (Phi) is 3.00. The molecule has 0 aromatic heterocycles. The van der Waals surface area contributed by atoms with Gasteiger partial charge in [0.1, 0.15) is 0 Å². The summed E-state index contributed by atoms with van der Waals surface area (Å²) in [6.07, 6.45) is 0. The molecule has 1 heteroatoms. The number of hydrogen-bond acceptors (Lipinski definition) is 0. The Morgan fingerprint density at radius 1 is 0.750 bits per heavy atom. The first-order valence-corrected chi connectivity index (χ1v) is 10.6. The summed E-state index contributed by atoms with van der Waals surface area (Å²) in [7, 11) is 0. The molecule has 80 valence electrons. The average molecular weight is 323 g/mol. The van der Waals surface area contributed by atoms with Crippen LogP contribution in [0.1, 0.15) is 16.7 Å². The number of benzene rings is 2. The van der Waals surface area contributed by atoms with Crippen molar-refractivity contribution in [2.24, 2.45) is 0 Å². The van der Waals surface area contributed by atoms with E-state index in [4.69, 9.17) is 0 Å². The summed E-state index contributed by atoms with van der Waals surface area (Å²) in [4.78, 5) is 0. The molecule has 0 radical (unpaired) electrons. The van der Waals surface area contributed by atoms with Crippen molar-refractivity contribution in [1.29, 1.82) is 0 Å². The molecular weight excluding hydrogens is 308 g/mol. The first kappa shape index (κ1) is 10.4. The molecule has 0 unspecified atom stereocenters. The van der Waals surface area contributed by atoms with Crippen LogP contribution in [0.15, 0.2) is 54.6 Å². The van der Waals surface area contributed by atoms with Crippen molar-refractivity contribution < 1.29 is 0 Å². The molecule has 2 aromatic rings. The van der Waals surface area contributed by atoms with Crippen molar-refractivity contribution >= 4 is 19.6 Å². The van der Waals surface area contributed by atoms with Gasteiger partial charge in [0.05, 0.1) is 0 Å². The van der Waals surface area contributed by atoms with Crippen LogP contribution >= 0.6 is 0 Å². The third-order valence-electron chi connectivity index (χ3n) is 3.05. The van der Waals surface area contributed by atoms with E-state index in [1.54, 1.807) is 16.7 Å². The minimum absolute atomic E-state index is 0.909. The van der Waals surface area contributed by atoms with Gasteiger partial charge in [0.2, 0.25) is 0 Å². The minimum atomic E-state index is -0.909. The van der Waals surface area contributed by atoms with Crippen LogP contribution in [-0.4, -0.2) is 19.6 Å².